The van der Waals surface area contributed by atoms with Crippen LogP contribution in [0, 0.1) is 11.7 Å². The summed E-state index contributed by atoms with van der Waals surface area (Å²) in [4.78, 5) is 13.7. The van der Waals surface area contributed by atoms with Gasteiger partial charge in [0.1, 0.15) is 11.6 Å². The van der Waals surface area contributed by atoms with Gasteiger partial charge in [-0.2, -0.15) is 0 Å². The monoisotopic (exact) mass is 270 g/mol. The highest BCUT2D eigenvalue weighted by molar-refractivity contribution is 7.80. The van der Waals surface area contributed by atoms with Gasteiger partial charge in [-0.15, -0.1) is 0 Å². The van der Waals surface area contributed by atoms with E-state index in [-0.39, 0.29) is 17.2 Å². The molecule has 3 N–H and O–H groups in total. The second-order valence-corrected chi connectivity index (χ2v) is 4.62. The number of benzene rings is 1. The minimum absolute atomic E-state index is 0.0500. The molecule has 0 aliphatic rings. The fraction of sp³-hybridized carbons (Fsp3) is 0.333. The summed E-state index contributed by atoms with van der Waals surface area (Å²) >= 11 is 4.82. The summed E-state index contributed by atoms with van der Waals surface area (Å²) in [5.41, 5.74) is 5.52. The standard InChI is InChI=1S/C12H15FN2O2S/c1-7(11(14)18)6-15(2)12(17)9-4-3-8(13)5-10(9)16/h3-5,7,16H,6H2,1-2H3,(H2,14,18). The van der Waals surface area contributed by atoms with Crippen LogP contribution in [0.1, 0.15) is 17.3 Å². The summed E-state index contributed by atoms with van der Waals surface area (Å²) in [6, 6.07) is 3.27. The molecule has 0 fully saturated rings. The molecule has 1 aromatic carbocycles. The molecule has 0 saturated heterocycles. The van der Waals surface area contributed by atoms with E-state index >= 15 is 0 Å². The third-order valence-corrected chi connectivity index (χ3v) is 2.97. The number of halogens is 1. The number of carbonyl (C=O) groups is 1. The minimum atomic E-state index is -0.594. The predicted molar refractivity (Wildman–Crippen MR) is 71.0 cm³/mol. The molecule has 6 heteroatoms. The van der Waals surface area contributed by atoms with Gasteiger partial charge in [-0.25, -0.2) is 4.39 Å². The first kappa shape index (κ1) is 14.4. The van der Waals surface area contributed by atoms with Crippen molar-refractivity contribution in [3.05, 3.63) is 29.6 Å². The molecule has 0 aromatic heterocycles. The van der Waals surface area contributed by atoms with Crippen molar-refractivity contribution in [1.29, 1.82) is 0 Å². The number of phenols is 1. The Labute approximate surface area is 110 Å². The van der Waals surface area contributed by atoms with Crippen molar-refractivity contribution in [3.8, 4) is 5.75 Å². The van der Waals surface area contributed by atoms with Crippen molar-refractivity contribution < 1.29 is 14.3 Å². The fourth-order valence-electron chi connectivity index (χ4n) is 1.47. The fourth-order valence-corrected chi connectivity index (χ4v) is 1.55. The van der Waals surface area contributed by atoms with E-state index in [9.17, 15) is 14.3 Å². The number of carbonyl (C=O) groups excluding carboxylic acids is 1. The number of phenolic OH excluding ortho intramolecular Hbond substituents is 1. The molecule has 1 unspecified atom stereocenters. The smallest absolute Gasteiger partial charge is 0.257 e. The number of rotatable bonds is 4. The van der Waals surface area contributed by atoms with Gasteiger partial charge in [0.05, 0.1) is 10.6 Å². The minimum Gasteiger partial charge on any atom is -0.507 e. The van der Waals surface area contributed by atoms with Crippen LogP contribution < -0.4 is 5.73 Å². The lowest BCUT2D eigenvalue weighted by Crippen LogP contribution is -2.35. The van der Waals surface area contributed by atoms with Gasteiger partial charge < -0.3 is 15.7 Å². The van der Waals surface area contributed by atoms with Crippen LogP contribution in [0.2, 0.25) is 0 Å². The van der Waals surface area contributed by atoms with E-state index in [0.29, 0.717) is 11.5 Å². The molecule has 1 amide bonds. The SMILES string of the molecule is CC(CN(C)C(=O)c1ccc(F)cc1O)C(N)=S. The Bertz CT molecular complexity index is 479. The first-order valence-electron chi connectivity index (χ1n) is 5.36. The van der Waals surface area contributed by atoms with E-state index in [4.69, 9.17) is 18.0 Å². The Hall–Kier alpha value is -1.69. The van der Waals surface area contributed by atoms with E-state index in [2.05, 4.69) is 0 Å². The number of nitrogens with zero attached hydrogens (tertiary/aromatic N) is 1. The predicted octanol–water partition coefficient (Wildman–Crippen LogP) is 1.53. The number of amides is 1. The molecule has 0 spiro atoms. The van der Waals surface area contributed by atoms with Gasteiger partial charge in [0, 0.05) is 25.6 Å². The van der Waals surface area contributed by atoms with Gasteiger partial charge in [0.25, 0.3) is 5.91 Å². The van der Waals surface area contributed by atoms with Crippen LogP contribution in [0.4, 0.5) is 4.39 Å². The summed E-state index contributed by atoms with van der Waals surface area (Å²) in [6.07, 6.45) is 0. The van der Waals surface area contributed by atoms with Gasteiger partial charge in [-0.05, 0) is 12.1 Å². The van der Waals surface area contributed by atoms with E-state index in [1.807, 2.05) is 0 Å². The highest BCUT2D eigenvalue weighted by Crippen LogP contribution is 2.19. The van der Waals surface area contributed by atoms with Gasteiger partial charge in [0.2, 0.25) is 0 Å². The van der Waals surface area contributed by atoms with Crippen molar-refractivity contribution in [2.24, 2.45) is 11.7 Å². The summed E-state index contributed by atoms with van der Waals surface area (Å²) in [6.45, 7) is 2.14. The molecule has 0 saturated carbocycles. The van der Waals surface area contributed by atoms with Crippen molar-refractivity contribution in [2.75, 3.05) is 13.6 Å². The van der Waals surface area contributed by atoms with Crippen molar-refractivity contribution in [3.63, 3.8) is 0 Å². The maximum Gasteiger partial charge on any atom is 0.257 e. The molecule has 0 heterocycles. The van der Waals surface area contributed by atoms with Crippen molar-refractivity contribution in [1.82, 2.24) is 4.90 Å². The molecular weight excluding hydrogens is 255 g/mol. The van der Waals surface area contributed by atoms with Crippen LogP contribution in [0.5, 0.6) is 5.75 Å². The zero-order valence-corrected chi connectivity index (χ0v) is 11.0. The van der Waals surface area contributed by atoms with Gasteiger partial charge >= 0.3 is 0 Å². The summed E-state index contributed by atoms with van der Waals surface area (Å²) in [5.74, 6) is -1.51. The van der Waals surface area contributed by atoms with Crippen LogP contribution in [-0.4, -0.2) is 34.5 Å². The lowest BCUT2D eigenvalue weighted by Gasteiger charge is -2.21. The van der Waals surface area contributed by atoms with Crippen LogP contribution in [0.25, 0.3) is 0 Å². The highest BCUT2D eigenvalue weighted by Gasteiger charge is 2.18. The molecule has 0 aliphatic carbocycles. The van der Waals surface area contributed by atoms with E-state index < -0.39 is 11.7 Å². The summed E-state index contributed by atoms with van der Waals surface area (Å²) in [7, 11) is 1.57. The van der Waals surface area contributed by atoms with Crippen molar-refractivity contribution >= 4 is 23.1 Å². The molecule has 4 nitrogen and oxygen atoms in total. The van der Waals surface area contributed by atoms with Crippen LogP contribution >= 0.6 is 12.2 Å². The maximum atomic E-state index is 12.8. The van der Waals surface area contributed by atoms with Crippen LogP contribution in [0.3, 0.4) is 0 Å². The first-order chi connectivity index (χ1) is 8.32. The molecule has 1 rings (SSSR count). The Morgan fingerprint density at radius 3 is 2.72 bits per heavy atom. The number of thiocarbonyl (C=S) groups is 1. The summed E-state index contributed by atoms with van der Waals surface area (Å²) in [5, 5.41) is 9.52. The normalized spacial score (nSPS) is 11.9. The molecule has 1 atom stereocenters. The average Bonchev–Trinajstić information content (AvgIpc) is 2.27. The van der Waals surface area contributed by atoms with E-state index in [0.717, 1.165) is 12.1 Å². The van der Waals surface area contributed by atoms with Gasteiger partial charge in [0.15, 0.2) is 0 Å². The number of nitrogens with two attached hydrogens (primary N) is 1. The maximum absolute atomic E-state index is 12.8. The molecule has 0 bridgehead atoms. The zero-order chi connectivity index (χ0) is 13.9. The topological polar surface area (TPSA) is 66.6 Å². The summed E-state index contributed by atoms with van der Waals surface area (Å²) < 4.78 is 12.8. The van der Waals surface area contributed by atoms with Gasteiger partial charge in [-0.3, -0.25) is 4.79 Å². The quantitative estimate of drug-likeness (QED) is 0.814. The van der Waals surface area contributed by atoms with Crippen molar-refractivity contribution in [2.45, 2.75) is 6.92 Å². The first-order valence-corrected chi connectivity index (χ1v) is 5.77. The third-order valence-electron chi connectivity index (χ3n) is 2.57. The number of aromatic hydroxyl groups is 1. The Morgan fingerprint density at radius 2 is 2.22 bits per heavy atom. The number of hydrogen-bond donors (Lipinski definition) is 2. The zero-order valence-electron chi connectivity index (χ0n) is 10.2. The Morgan fingerprint density at radius 1 is 1.61 bits per heavy atom. The lowest BCUT2D eigenvalue weighted by atomic mass is 10.1. The van der Waals surface area contributed by atoms with E-state index in [1.165, 1.54) is 11.0 Å². The van der Waals surface area contributed by atoms with Crippen LogP contribution in [-0.2, 0) is 0 Å². The lowest BCUT2D eigenvalue weighted by molar-refractivity contribution is 0.0784. The molecule has 0 aliphatic heterocycles. The molecule has 18 heavy (non-hydrogen) atoms. The second kappa shape index (κ2) is 5.77. The molecule has 1 aromatic rings. The Kier molecular flexibility index (Phi) is 4.61. The third kappa shape index (κ3) is 3.40. The highest BCUT2D eigenvalue weighted by atomic mass is 32.1. The van der Waals surface area contributed by atoms with Crippen LogP contribution in [0.15, 0.2) is 18.2 Å². The number of hydrogen-bond acceptors (Lipinski definition) is 3. The largest absolute Gasteiger partial charge is 0.507 e. The molecular formula is C12H15FN2O2S. The second-order valence-electron chi connectivity index (χ2n) is 4.15. The van der Waals surface area contributed by atoms with E-state index in [1.54, 1.807) is 14.0 Å². The van der Waals surface area contributed by atoms with Gasteiger partial charge in [-0.1, -0.05) is 19.1 Å². The average molecular weight is 270 g/mol. The Balaban J connectivity index is 2.83. The molecule has 98 valence electrons. The molecule has 0 radical (unpaired) electrons.